The van der Waals surface area contributed by atoms with Gasteiger partial charge < -0.3 is 15.0 Å². The first-order valence-electron chi connectivity index (χ1n) is 13.2. The number of aromatic amines is 1. The number of ether oxygens (including phenoxy) is 1. The molecule has 1 aromatic carbocycles. The minimum absolute atomic E-state index is 0.0155. The van der Waals surface area contributed by atoms with Crippen LogP contribution in [0.4, 0.5) is 11.6 Å². The number of hydrogen-bond acceptors (Lipinski definition) is 8. The molecule has 0 saturated carbocycles. The maximum atomic E-state index is 13.2. The van der Waals surface area contributed by atoms with Crippen LogP contribution >= 0.6 is 0 Å². The van der Waals surface area contributed by atoms with E-state index in [1.54, 1.807) is 12.1 Å². The molecule has 1 aliphatic carbocycles. The summed E-state index contributed by atoms with van der Waals surface area (Å²) in [7, 11) is -2.42. The number of benzene rings is 1. The van der Waals surface area contributed by atoms with Gasteiger partial charge in [0.05, 0.1) is 16.8 Å². The number of methoxy groups -OCH3 is 1. The Labute approximate surface area is 210 Å². The van der Waals surface area contributed by atoms with E-state index in [1.807, 2.05) is 20.2 Å². The van der Waals surface area contributed by atoms with Crippen molar-refractivity contribution in [3.8, 4) is 17.0 Å². The Morgan fingerprint density at radius 1 is 1.23 bits per heavy atom. The normalized spacial score (nSPS) is 18.7. The summed E-state index contributed by atoms with van der Waals surface area (Å²) in [6.07, 6.45) is 5.77. The number of nitrogens with zero attached hydrogens (tertiary/aromatic N) is 5. The molecule has 3 aromatic rings. The zero-order valence-corrected chi connectivity index (χ0v) is 20.6. The molecule has 1 fully saturated rings. The van der Waals surface area contributed by atoms with Crippen molar-refractivity contribution in [3.05, 3.63) is 41.6 Å². The van der Waals surface area contributed by atoms with E-state index in [0.29, 0.717) is 24.7 Å². The molecule has 1 saturated heterocycles. The lowest BCUT2D eigenvalue weighted by Crippen LogP contribution is -2.44. The second-order valence-corrected chi connectivity index (χ2v) is 11.0. The molecule has 1 aliphatic heterocycles. The quantitative estimate of drug-likeness (QED) is 0.509. The minimum atomic E-state index is -3.81. The third-order valence-electron chi connectivity index (χ3n) is 6.87. The first-order chi connectivity index (χ1) is 18.0. The number of anilines is 2. The number of aryl methyl sites for hydroxylation is 1. The van der Waals surface area contributed by atoms with E-state index in [1.165, 1.54) is 16.1 Å². The van der Waals surface area contributed by atoms with Crippen LogP contribution in [0.5, 0.6) is 5.88 Å². The van der Waals surface area contributed by atoms with Crippen molar-refractivity contribution in [1.29, 1.82) is 0 Å². The number of pyridine rings is 1. The molecule has 2 aromatic heterocycles. The fourth-order valence-corrected chi connectivity index (χ4v) is 6.23. The van der Waals surface area contributed by atoms with Crippen molar-refractivity contribution in [2.45, 2.75) is 43.3 Å². The van der Waals surface area contributed by atoms with Gasteiger partial charge in [0.1, 0.15) is 0 Å². The van der Waals surface area contributed by atoms with E-state index in [9.17, 15) is 8.42 Å². The molecule has 11 heteroatoms. The molecule has 0 atom stereocenters. The summed E-state index contributed by atoms with van der Waals surface area (Å²) in [4.78, 5) is 10.4. The molecule has 186 valence electrons. The van der Waals surface area contributed by atoms with Gasteiger partial charge in [0, 0.05) is 37.0 Å². The first-order valence-corrected chi connectivity index (χ1v) is 13.1. The van der Waals surface area contributed by atoms with Crippen molar-refractivity contribution >= 4 is 21.7 Å². The summed E-state index contributed by atoms with van der Waals surface area (Å²) in [5, 5.41) is 9.81. The third-order valence-corrected chi connectivity index (χ3v) is 8.59. The minimum Gasteiger partial charge on any atom is -0.481 e. The second-order valence-electron chi connectivity index (χ2n) is 9.15. The first kappa shape index (κ1) is 20.2. The van der Waals surface area contributed by atoms with Gasteiger partial charge in [-0.15, -0.1) is 5.10 Å². The number of piperidine rings is 1. The number of rotatable bonds is 7. The Bertz CT molecular complexity index is 1420. The third kappa shape index (κ3) is 4.63. The average Bonchev–Trinajstić information content (AvgIpc) is 3.54. The van der Waals surface area contributed by atoms with Crippen molar-refractivity contribution in [1.82, 2.24) is 29.4 Å². The highest BCUT2D eigenvalue weighted by Gasteiger charge is 2.32. The summed E-state index contributed by atoms with van der Waals surface area (Å²) < 4.78 is 55.1. The fraction of sp³-hybridized carbons (Fsp3) is 0.458. The number of nitrogens with one attached hydrogen (secondary N) is 2. The lowest BCUT2D eigenvalue weighted by molar-refractivity contribution is 0.196. The molecule has 0 spiro atoms. The van der Waals surface area contributed by atoms with Gasteiger partial charge in [-0.1, -0.05) is 12.1 Å². The molecule has 2 aliphatic rings. The zero-order valence-electron chi connectivity index (χ0n) is 22.8. The van der Waals surface area contributed by atoms with Crippen LogP contribution in [0.15, 0.2) is 35.6 Å². The number of hydrogen-bond donors (Lipinski definition) is 2. The lowest BCUT2D eigenvalue weighted by atomic mass is 9.98. The van der Waals surface area contributed by atoms with Crippen LogP contribution in [-0.2, 0) is 22.9 Å². The van der Waals surface area contributed by atoms with Crippen LogP contribution in [0.1, 0.15) is 34.5 Å². The van der Waals surface area contributed by atoms with Gasteiger partial charge in [-0.3, -0.25) is 0 Å². The number of sulfonamides is 1. The molecule has 3 heterocycles. The number of aromatic nitrogens is 4. The molecule has 5 rings (SSSR count). The lowest BCUT2D eigenvalue weighted by Gasteiger charge is -2.33. The van der Waals surface area contributed by atoms with Gasteiger partial charge in [-0.2, -0.15) is 9.29 Å². The summed E-state index contributed by atoms with van der Waals surface area (Å²) in [5.41, 5.74) is 4.52. The highest BCUT2D eigenvalue weighted by molar-refractivity contribution is 7.88. The molecule has 0 amide bonds. The SMILES string of the molecule is [2H]C([2H])([2H])Oc1cc(-c2ccc3c(c2Nc2n[nH]c(S(=O)(=O)N4CCC(N(C)C)CC4)n2)CCC3)ccn1. The number of H-pyrrole nitrogens is 1. The summed E-state index contributed by atoms with van der Waals surface area (Å²) >= 11 is 0. The van der Waals surface area contributed by atoms with Gasteiger partial charge in [0.2, 0.25) is 11.8 Å². The predicted octanol–water partition coefficient (Wildman–Crippen LogP) is 2.82. The highest BCUT2D eigenvalue weighted by Crippen LogP contribution is 2.39. The molecular weight excluding hydrogens is 466 g/mol. The average molecular weight is 501 g/mol. The molecule has 0 radical (unpaired) electrons. The van der Waals surface area contributed by atoms with Crippen LogP contribution in [0, 0.1) is 0 Å². The highest BCUT2D eigenvalue weighted by atomic mass is 32.2. The number of fused-ring (bicyclic) bond motifs is 1. The van der Waals surface area contributed by atoms with E-state index in [2.05, 4.69) is 36.4 Å². The van der Waals surface area contributed by atoms with E-state index >= 15 is 0 Å². The summed E-state index contributed by atoms with van der Waals surface area (Å²) in [5.74, 6) is 0.125. The Kier molecular flexibility index (Phi) is 5.52. The second kappa shape index (κ2) is 9.56. The molecule has 2 N–H and O–H groups in total. The van der Waals surface area contributed by atoms with Crippen molar-refractivity contribution in [2.24, 2.45) is 0 Å². The van der Waals surface area contributed by atoms with Gasteiger partial charge in [0.25, 0.3) is 15.2 Å². The Hall–Kier alpha value is -3.02. The summed E-state index contributed by atoms with van der Waals surface area (Å²) in [6.45, 7) is 0.849. The van der Waals surface area contributed by atoms with Gasteiger partial charge >= 0.3 is 0 Å². The molecule has 0 bridgehead atoms. The van der Waals surface area contributed by atoms with E-state index < -0.39 is 17.1 Å². The molecular formula is C24H31N7O3S. The van der Waals surface area contributed by atoms with Crippen molar-refractivity contribution in [2.75, 3.05) is 39.5 Å². The molecule has 0 unspecified atom stereocenters. The molecule has 10 nitrogen and oxygen atoms in total. The topological polar surface area (TPSA) is 116 Å². The molecule has 35 heavy (non-hydrogen) atoms. The Balaban J connectivity index is 1.43. The van der Waals surface area contributed by atoms with Crippen LogP contribution < -0.4 is 10.1 Å². The standard InChI is InChI=1S/C24H31N7O3S/c1-30(2)18-10-13-31(14-11-18)35(32,33)24-27-23(28-29-24)26-22-19-6-4-5-16(19)7-8-20(22)17-9-12-25-21(15-17)34-3/h7-9,12,15,18H,4-6,10-11,13-14H2,1-3H3,(H2,26,27,28,29)/i3D3. The van der Waals surface area contributed by atoms with E-state index in [4.69, 9.17) is 8.85 Å². The zero-order chi connectivity index (χ0) is 27.1. The maximum absolute atomic E-state index is 13.2. The van der Waals surface area contributed by atoms with Gasteiger partial charge in [-0.25, -0.2) is 18.5 Å². The largest absolute Gasteiger partial charge is 0.481 e. The smallest absolute Gasteiger partial charge is 0.278 e. The summed E-state index contributed by atoms with van der Waals surface area (Å²) in [6, 6.07) is 7.68. The van der Waals surface area contributed by atoms with E-state index in [-0.39, 0.29) is 17.0 Å². The maximum Gasteiger partial charge on any atom is 0.278 e. The van der Waals surface area contributed by atoms with Crippen molar-refractivity contribution < 1.29 is 17.3 Å². The van der Waals surface area contributed by atoms with E-state index in [0.717, 1.165) is 48.9 Å². The van der Waals surface area contributed by atoms with Crippen LogP contribution in [0.25, 0.3) is 11.1 Å². The fourth-order valence-electron chi connectivity index (χ4n) is 4.93. The van der Waals surface area contributed by atoms with Gasteiger partial charge in [-0.05, 0) is 69.0 Å². The van der Waals surface area contributed by atoms with Crippen LogP contribution in [-0.4, -0.2) is 78.1 Å². The van der Waals surface area contributed by atoms with Crippen LogP contribution in [0.3, 0.4) is 0 Å². The van der Waals surface area contributed by atoms with Crippen LogP contribution in [0.2, 0.25) is 0 Å². The van der Waals surface area contributed by atoms with Gasteiger partial charge in [0.15, 0.2) is 0 Å². The Morgan fingerprint density at radius 3 is 2.83 bits per heavy atom. The van der Waals surface area contributed by atoms with Crippen molar-refractivity contribution in [3.63, 3.8) is 0 Å². The monoisotopic (exact) mass is 500 g/mol. The predicted molar refractivity (Wildman–Crippen MR) is 133 cm³/mol. The Morgan fingerprint density at radius 2 is 2.06 bits per heavy atom.